The third kappa shape index (κ3) is 3.50. The molecule has 0 bridgehead atoms. The highest BCUT2D eigenvalue weighted by molar-refractivity contribution is 5.94. The summed E-state index contributed by atoms with van der Waals surface area (Å²) >= 11 is 0. The van der Waals surface area contributed by atoms with E-state index in [1.807, 2.05) is 6.92 Å². The van der Waals surface area contributed by atoms with Crippen LogP contribution >= 0.6 is 0 Å². The van der Waals surface area contributed by atoms with E-state index in [1.165, 1.54) is 6.33 Å². The van der Waals surface area contributed by atoms with Gasteiger partial charge in [-0.3, -0.25) is 9.89 Å². The predicted octanol–water partition coefficient (Wildman–Crippen LogP) is 1.48. The molecule has 112 valence electrons. The van der Waals surface area contributed by atoms with Crippen LogP contribution in [-0.4, -0.2) is 46.8 Å². The van der Waals surface area contributed by atoms with E-state index in [9.17, 15) is 4.79 Å². The Labute approximate surface area is 122 Å². The molecule has 0 spiro atoms. The van der Waals surface area contributed by atoms with E-state index in [2.05, 4.69) is 15.2 Å². The average molecular weight is 290 g/mol. The van der Waals surface area contributed by atoms with Gasteiger partial charge in [0, 0.05) is 12.6 Å². The molecule has 0 unspecified atom stereocenters. The maximum absolute atomic E-state index is 12.4. The summed E-state index contributed by atoms with van der Waals surface area (Å²) in [4.78, 5) is 17.9. The molecule has 0 aliphatic carbocycles. The fourth-order valence-corrected chi connectivity index (χ4v) is 1.90. The van der Waals surface area contributed by atoms with Crippen molar-refractivity contribution in [1.82, 2.24) is 20.1 Å². The van der Waals surface area contributed by atoms with Crippen molar-refractivity contribution in [2.45, 2.75) is 13.5 Å². The normalized spacial score (nSPS) is 10.2. The highest BCUT2D eigenvalue weighted by Gasteiger charge is 2.16. The zero-order chi connectivity index (χ0) is 15.2. The number of rotatable bonds is 6. The van der Waals surface area contributed by atoms with Crippen LogP contribution < -0.4 is 9.47 Å². The molecule has 0 saturated carbocycles. The first kappa shape index (κ1) is 14.8. The van der Waals surface area contributed by atoms with Gasteiger partial charge in [-0.05, 0) is 25.1 Å². The number of H-pyrrole nitrogens is 1. The third-order valence-corrected chi connectivity index (χ3v) is 2.91. The van der Waals surface area contributed by atoms with Gasteiger partial charge in [-0.2, -0.15) is 5.10 Å². The Hall–Kier alpha value is -2.57. The molecule has 1 heterocycles. The highest BCUT2D eigenvalue weighted by Crippen LogP contribution is 2.28. The molecule has 1 amide bonds. The first-order chi connectivity index (χ1) is 10.2. The first-order valence-electron chi connectivity index (χ1n) is 6.56. The van der Waals surface area contributed by atoms with Gasteiger partial charge < -0.3 is 14.4 Å². The van der Waals surface area contributed by atoms with Gasteiger partial charge in [0.15, 0.2) is 11.5 Å². The molecule has 0 aliphatic rings. The standard InChI is InChI=1S/C14H18N4O3/c1-4-21-11-6-5-10(7-12(11)20-3)14(19)18(2)8-13-15-9-16-17-13/h5-7,9H,4,8H2,1-3H3,(H,15,16,17). The number of carbonyl (C=O) groups is 1. The third-order valence-electron chi connectivity index (χ3n) is 2.91. The van der Waals surface area contributed by atoms with Gasteiger partial charge >= 0.3 is 0 Å². The maximum atomic E-state index is 12.4. The van der Waals surface area contributed by atoms with E-state index in [-0.39, 0.29) is 5.91 Å². The van der Waals surface area contributed by atoms with Crippen LogP contribution in [0.4, 0.5) is 0 Å². The molecular formula is C14H18N4O3. The van der Waals surface area contributed by atoms with Crippen molar-refractivity contribution in [2.24, 2.45) is 0 Å². The van der Waals surface area contributed by atoms with Crippen molar-refractivity contribution >= 4 is 5.91 Å². The van der Waals surface area contributed by atoms with Crippen LogP contribution in [0.3, 0.4) is 0 Å². The Kier molecular flexibility index (Phi) is 4.76. The first-order valence-corrected chi connectivity index (χ1v) is 6.56. The van der Waals surface area contributed by atoms with E-state index < -0.39 is 0 Å². The second-order valence-electron chi connectivity index (χ2n) is 4.39. The van der Waals surface area contributed by atoms with Crippen molar-refractivity contribution in [1.29, 1.82) is 0 Å². The number of hydrogen-bond acceptors (Lipinski definition) is 5. The Morgan fingerprint density at radius 2 is 2.19 bits per heavy atom. The van der Waals surface area contributed by atoms with Crippen LogP contribution in [-0.2, 0) is 6.54 Å². The Morgan fingerprint density at radius 1 is 1.38 bits per heavy atom. The molecule has 0 saturated heterocycles. The molecule has 1 N–H and O–H groups in total. The SMILES string of the molecule is CCOc1ccc(C(=O)N(C)Cc2ncn[nH]2)cc1OC. The van der Waals surface area contributed by atoms with Gasteiger partial charge in [0.25, 0.3) is 5.91 Å². The minimum atomic E-state index is -0.132. The van der Waals surface area contributed by atoms with Crippen LogP contribution in [0.1, 0.15) is 23.1 Å². The molecule has 7 nitrogen and oxygen atoms in total. The Morgan fingerprint density at radius 3 is 2.81 bits per heavy atom. The number of nitrogens with one attached hydrogen (secondary N) is 1. The minimum Gasteiger partial charge on any atom is -0.493 e. The fraction of sp³-hybridized carbons (Fsp3) is 0.357. The number of amides is 1. The lowest BCUT2D eigenvalue weighted by Crippen LogP contribution is -2.26. The maximum Gasteiger partial charge on any atom is 0.254 e. The molecule has 0 aliphatic heterocycles. The van der Waals surface area contributed by atoms with Crippen LogP contribution in [0, 0.1) is 0 Å². The van der Waals surface area contributed by atoms with Crippen LogP contribution in [0.15, 0.2) is 24.5 Å². The topological polar surface area (TPSA) is 80.3 Å². The summed E-state index contributed by atoms with van der Waals surface area (Å²) in [7, 11) is 3.25. The second-order valence-corrected chi connectivity index (χ2v) is 4.39. The number of aromatic nitrogens is 3. The summed E-state index contributed by atoms with van der Waals surface area (Å²) in [6.45, 7) is 2.78. The summed E-state index contributed by atoms with van der Waals surface area (Å²) in [6.07, 6.45) is 1.41. The summed E-state index contributed by atoms with van der Waals surface area (Å²) in [5.74, 6) is 1.65. The van der Waals surface area contributed by atoms with Crippen molar-refractivity contribution in [2.75, 3.05) is 20.8 Å². The smallest absolute Gasteiger partial charge is 0.254 e. The van der Waals surface area contributed by atoms with Crippen molar-refractivity contribution in [3.8, 4) is 11.5 Å². The van der Waals surface area contributed by atoms with E-state index in [4.69, 9.17) is 9.47 Å². The molecule has 1 aromatic carbocycles. The monoisotopic (exact) mass is 290 g/mol. The number of aromatic amines is 1. The molecular weight excluding hydrogens is 272 g/mol. The van der Waals surface area contributed by atoms with Gasteiger partial charge in [0.1, 0.15) is 12.2 Å². The number of carbonyl (C=O) groups excluding carboxylic acids is 1. The second kappa shape index (κ2) is 6.74. The molecule has 0 radical (unpaired) electrons. The van der Waals surface area contributed by atoms with E-state index in [1.54, 1.807) is 37.3 Å². The zero-order valence-corrected chi connectivity index (χ0v) is 12.3. The Bertz CT molecular complexity index is 598. The quantitative estimate of drug-likeness (QED) is 0.871. The van der Waals surface area contributed by atoms with Gasteiger partial charge in [0.2, 0.25) is 0 Å². The van der Waals surface area contributed by atoms with Gasteiger partial charge in [-0.15, -0.1) is 0 Å². The summed E-state index contributed by atoms with van der Waals surface area (Å²) in [5, 5.41) is 6.48. The van der Waals surface area contributed by atoms with Crippen molar-refractivity contribution in [3.05, 3.63) is 35.9 Å². The number of methoxy groups -OCH3 is 1. The largest absolute Gasteiger partial charge is 0.493 e. The molecule has 2 aromatic rings. The molecule has 1 aromatic heterocycles. The van der Waals surface area contributed by atoms with Crippen molar-refractivity contribution < 1.29 is 14.3 Å². The van der Waals surface area contributed by atoms with Crippen molar-refractivity contribution in [3.63, 3.8) is 0 Å². The van der Waals surface area contributed by atoms with Crippen LogP contribution in [0.25, 0.3) is 0 Å². The van der Waals surface area contributed by atoms with Crippen LogP contribution in [0.2, 0.25) is 0 Å². The molecule has 2 rings (SSSR count). The predicted molar refractivity (Wildman–Crippen MR) is 76.3 cm³/mol. The molecule has 0 fully saturated rings. The zero-order valence-electron chi connectivity index (χ0n) is 12.3. The number of benzene rings is 1. The highest BCUT2D eigenvalue weighted by atomic mass is 16.5. The lowest BCUT2D eigenvalue weighted by atomic mass is 10.1. The van der Waals surface area contributed by atoms with E-state index >= 15 is 0 Å². The number of ether oxygens (including phenoxy) is 2. The van der Waals surface area contributed by atoms with Gasteiger partial charge in [-0.25, -0.2) is 4.98 Å². The number of hydrogen-bond donors (Lipinski definition) is 1. The summed E-state index contributed by atoms with van der Waals surface area (Å²) in [6, 6.07) is 5.12. The Balaban J connectivity index is 2.14. The average Bonchev–Trinajstić information content (AvgIpc) is 3.00. The van der Waals surface area contributed by atoms with E-state index in [0.29, 0.717) is 36.0 Å². The lowest BCUT2D eigenvalue weighted by Gasteiger charge is -2.17. The minimum absolute atomic E-state index is 0.132. The molecule has 21 heavy (non-hydrogen) atoms. The fourth-order valence-electron chi connectivity index (χ4n) is 1.90. The van der Waals surface area contributed by atoms with Gasteiger partial charge in [0.05, 0.1) is 20.3 Å². The van der Waals surface area contributed by atoms with E-state index in [0.717, 1.165) is 0 Å². The lowest BCUT2D eigenvalue weighted by molar-refractivity contribution is 0.0781. The molecule has 0 atom stereocenters. The van der Waals surface area contributed by atoms with Crippen LogP contribution in [0.5, 0.6) is 11.5 Å². The van der Waals surface area contributed by atoms with Gasteiger partial charge in [-0.1, -0.05) is 0 Å². The summed E-state index contributed by atoms with van der Waals surface area (Å²) in [5.41, 5.74) is 0.525. The molecule has 7 heteroatoms. The summed E-state index contributed by atoms with van der Waals surface area (Å²) < 4.78 is 10.7. The number of nitrogens with zero attached hydrogens (tertiary/aromatic N) is 3.